The first-order chi connectivity index (χ1) is 12.5. The highest BCUT2D eigenvalue weighted by molar-refractivity contribution is 6.36. The number of benzene rings is 2. The molecule has 0 atom stereocenters. The Hall–Kier alpha value is -3.14. The van der Waals surface area contributed by atoms with E-state index < -0.39 is 5.69 Å². The SMILES string of the molecule is N#Cc1nc(=O)n(-c2ccccc2)c(N)c1N=Cc1ccc(Cl)cc1Cl. The van der Waals surface area contributed by atoms with Crippen LogP contribution in [0, 0.1) is 11.3 Å². The summed E-state index contributed by atoms with van der Waals surface area (Å²) in [5.41, 5.74) is 6.49. The van der Waals surface area contributed by atoms with E-state index >= 15 is 0 Å². The van der Waals surface area contributed by atoms with Crippen molar-refractivity contribution in [3.63, 3.8) is 0 Å². The Morgan fingerprint density at radius 3 is 2.58 bits per heavy atom. The monoisotopic (exact) mass is 383 g/mol. The topological polar surface area (TPSA) is 97.1 Å². The Bertz CT molecular complexity index is 1100. The molecule has 0 amide bonds. The number of para-hydroxylation sites is 1. The number of anilines is 1. The molecule has 2 N–H and O–H groups in total. The number of hydrogen-bond acceptors (Lipinski definition) is 5. The fourth-order valence-electron chi connectivity index (χ4n) is 2.30. The second-order valence-corrected chi connectivity index (χ2v) is 6.03. The molecule has 2 aromatic carbocycles. The van der Waals surface area contributed by atoms with E-state index in [-0.39, 0.29) is 17.2 Å². The van der Waals surface area contributed by atoms with Crippen LogP contribution in [0.1, 0.15) is 11.3 Å². The van der Waals surface area contributed by atoms with Crippen molar-refractivity contribution in [2.45, 2.75) is 0 Å². The third-order valence-electron chi connectivity index (χ3n) is 3.52. The fourth-order valence-corrected chi connectivity index (χ4v) is 2.76. The second-order valence-electron chi connectivity index (χ2n) is 5.18. The van der Waals surface area contributed by atoms with Crippen molar-refractivity contribution < 1.29 is 0 Å². The first-order valence-electron chi connectivity index (χ1n) is 7.38. The number of hydrogen-bond donors (Lipinski definition) is 1. The maximum atomic E-state index is 12.3. The molecular weight excluding hydrogens is 373 g/mol. The lowest BCUT2D eigenvalue weighted by Gasteiger charge is -2.11. The molecule has 3 rings (SSSR count). The van der Waals surface area contributed by atoms with E-state index in [0.717, 1.165) is 0 Å². The highest BCUT2D eigenvalue weighted by Gasteiger charge is 2.15. The summed E-state index contributed by atoms with van der Waals surface area (Å²) in [5, 5.41) is 10.2. The summed E-state index contributed by atoms with van der Waals surface area (Å²) in [4.78, 5) is 20.3. The molecule has 1 heterocycles. The number of nitriles is 1. The Morgan fingerprint density at radius 1 is 1.19 bits per heavy atom. The van der Waals surface area contributed by atoms with Crippen LogP contribution >= 0.6 is 23.2 Å². The highest BCUT2D eigenvalue weighted by Crippen LogP contribution is 2.26. The molecule has 6 nitrogen and oxygen atoms in total. The summed E-state index contributed by atoms with van der Waals surface area (Å²) >= 11 is 12.0. The Balaban J connectivity index is 2.16. The van der Waals surface area contributed by atoms with Crippen molar-refractivity contribution in [2.75, 3.05) is 5.73 Å². The summed E-state index contributed by atoms with van der Waals surface area (Å²) in [6.07, 6.45) is 1.44. The quantitative estimate of drug-likeness (QED) is 0.696. The number of aliphatic imine (C=N–C) groups is 1. The molecule has 8 heteroatoms. The minimum atomic E-state index is -0.659. The number of nitrogens with zero attached hydrogens (tertiary/aromatic N) is 4. The van der Waals surface area contributed by atoms with Crippen LogP contribution in [0.2, 0.25) is 10.0 Å². The van der Waals surface area contributed by atoms with Crippen LogP contribution in [-0.4, -0.2) is 15.8 Å². The Morgan fingerprint density at radius 2 is 1.92 bits per heavy atom. The predicted molar refractivity (Wildman–Crippen MR) is 103 cm³/mol. The van der Waals surface area contributed by atoms with E-state index in [1.165, 1.54) is 10.8 Å². The smallest absolute Gasteiger partial charge is 0.355 e. The van der Waals surface area contributed by atoms with Gasteiger partial charge in [0.2, 0.25) is 0 Å². The van der Waals surface area contributed by atoms with Crippen molar-refractivity contribution in [3.8, 4) is 11.8 Å². The van der Waals surface area contributed by atoms with Gasteiger partial charge in [-0.3, -0.25) is 0 Å². The van der Waals surface area contributed by atoms with Crippen LogP contribution in [-0.2, 0) is 0 Å². The molecule has 0 aliphatic rings. The van der Waals surface area contributed by atoms with Gasteiger partial charge in [-0.1, -0.05) is 47.5 Å². The van der Waals surface area contributed by atoms with Gasteiger partial charge < -0.3 is 5.73 Å². The molecule has 0 spiro atoms. The van der Waals surface area contributed by atoms with Gasteiger partial charge in [-0.2, -0.15) is 10.2 Å². The maximum Gasteiger partial charge on any atom is 0.355 e. The molecule has 0 radical (unpaired) electrons. The fraction of sp³-hybridized carbons (Fsp3) is 0. The van der Waals surface area contributed by atoms with Crippen molar-refractivity contribution >= 4 is 40.9 Å². The molecule has 128 valence electrons. The molecule has 0 unspecified atom stereocenters. The Kier molecular flexibility index (Phi) is 5.03. The first kappa shape index (κ1) is 17.7. The van der Waals surface area contributed by atoms with Gasteiger partial charge in [0, 0.05) is 16.8 Å². The molecule has 0 saturated heterocycles. The van der Waals surface area contributed by atoms with Gasteiger partial charge in [-0.05, 0) is 24.3 Å². The lowest BCUT2D eigenvalue weighted by Crippen LogP contribution is -2.25. The molecule has 0 saturated carbocycles. The number of nitrogens with two attached hydrogens (primary N) is 1. The third kappa shape index (κ3) is 3.45. The summed E-state index contributed by atoms with van der Waals surface area (Å²) in [7, 11) is 0. The number of aromatic nitrogens is 2. The van der Waals surface area contributed by atoms with Gasteiger partial charge in [0.1, 0.15) is 17.6 Å². The lowest BCUT2D eigenvalue weighted by atomic mass is 10.2. The molecule has 1 aromatic heterocycles. The van der Waals surface area contributed by atoms with Gasteiger partial charge in [-0.25, -0.2) is 14.4 Å². The van der Waals surface area contributed by atoms with E-state index in [1.54, 1.807) is 42.5 Å². The van der Waals surface area contributed by atoms with Gasteiger partial charge in [0.15, 0.2) is 5.69 Å². The summed E-state index contributed by atoms with van der Waals surface area (Å²) in [5.74, 6) is 0.00841. The maximum absolute atomic E-state index is 12.3. The molecular formula is C18H11Cl2N5O. The first-order valence-corrected chi connectivity index (χ1v) is 8.14. The van der Waals surface area contributed by atoms with E-state index in [0.29, 0.717) is 21.3 Å². The van der Waals surface area contributed by atoms with E-state index in [1.807, 2.05) is 12.1 Å². The van der Waals surface area contributed by atoms with Crippen molar-refractivity contribution in [1.82, 2.24) is 9.55 Å². The van der Waals surface area contributed by atoms with Crippen LogP contribution < -0.4 is 11.4 Å². The van der Waals surface area contributed by atoms with Crippen LogP contribution in [0.25, 0.3) is 5.69 Å². The van der Waals surface area contributed by atoms with Crippen LogP contribution in [0.15, 0.2) is 58.3 Å². The molecule has 0 fully saturated rings. The number of rotatable bonds is 3. The number of nitrogen functional groups attached to an aromatic ring is 1. The molecule has 0 bridgehead atoms. The van der Waals surface area contributed by atoms with Gasteiger partial charge in [0.25, 0.3) is 0 Å². The Labute approximate surface area is 158 Å². The zero-order valence-corrected chi connectivity index (χ0v) is 14.7. The zero-order valence-electron chi connectivity index (χ0n) is 13.2. The zero-order chi connectivity index (χ0) is 18.7. The predicted octanol–water partition coefficient (Wildman–Crippen LogP) is 3.74. The van der Waals surface area contributed by atoms with Crippen LogP contribution in [0.3, 0.4) is 0 Å². The van der Waals surface area contributed by atoms with E-state index in [4.69, 9.17) is 28.9 Å². The highest BCUT2D eigenvalue weighted by atomic mass is 35.5. The van der Waals surface area contributed by atoms with Crippen molar-refractivity contribution in [1.29, 1.82) is 5.26 Å². The number of halogens is 2. The summed E-state index contributed by atoms with van der Waals surface area (Å²) in [6.45, 7) is 0. The molecule has 0 aliphatic heterocycles. The largest absolute Gasteiger partial charge is 0.383 e. The average Bonchev–Trinajstić information content (AvgIpc) is 2.63. The van der Waals surface area contributed by atoms with Gasteiger partial charge >= 0.3 is 5.69 Å². The van der Waals surface area contributed by atoms with Crippen molar-refractivity contribution in [3.05, 3.63) is 80.3 Å². The lowest BCUT2D eigenvalue weighted by molar-refractivity contribution is 0.918. The van der Waals surface area contributed by atoms with Gasteiger partial charge in [0.05, 0.1) is 10.7 Å². The van der Waals surface area contributed by atoms with E-state index in [2.05, 4.69) is 9.98 Å². The minimum absolute atomic E-state index is 0.00841. The standard InChI is InChI=1S/C18H11Cl2N5O/c19-12-7-6-11(14(20)8-12)10-23-16-15(9-21)24-18(26)25(17(16)22)13-4-2-1-3-5-13/h1-8,10H,22H2. The normalized spacial score (nSPS) is 10.8. The summed E-state index contributed by atoms with van der Waals surface area (Å²) in [6, 6.07) is 15.5. The molecule has 3 aromatic rings. The van der Waals surface area contributed by atoms with Crippen LogP contribution in [0.5, 0.6) is 0 Å². The van der Waals surface area contributed by atoms with Gasteiger partial charge in [-0.15, -0.1) is 0 Å². The summed E-state index contributed by atoms with van der Waals surface area (Å²) < 4.78 is 1.19. The second kappa shape index (κ2) is 7.40. The minimum Gasteiger partial charge on any atom is -0.383 e. The average molecular weight is 384 g/mol. The third-order valence-corrected chi connectivity index (χ3v) is 4.08. The molecule has 26 heavy (non-hydrogen) atoms. The molecule has 0 aliphatic carbocycles. The van der Waals surface area contributed by atoms with E-state index in [9.17, 15) is 10.1 Å². The van der Waals surface area contributed by atoms with Crippen molar-refractivity contribution in [2.24, 2.45) is 4.99 Å². The van der Waals surface area contributed by atoms with Crippen LogP contribution in [0.4, 0.5) is 11.5 Å².